The average molecular weight is 224 g/mol. The van der Waals surface area contributed by atoms with Crippen LogP contribution in [-0.4, -0.2) is 0 Å². The number of hydrazine groups is 1. The van der Waals surface area contributed by atoms with Gasteiger partial charge in [0.05, 0.1) is 6.04 Å². The minimum atomic E-state index is 0.387. The maximum Gasteiger partial charge on any atom is 0.0581 e. The number of aryl methyl sites for hydroxylation is 1. The molecule has 1 saturated carbocycles. The molecule has 0 bridgehead atoms. The van der Waals surface area contributed by atoms with E-state index >= 15 is 0 Å². The van der Waals surface area contributed by atoms with Crippen molar-refractivity contribution in [2.24, 2.45) is 11.8 Å². The van der Waals surface area contributed by atoms with Crippen molar-refractivity contribution in [3.63, 3.8) is 0 Å². The fourth-order valence-corrected chi connectivity index (χ4v) is 3.60. The topological polar surface area (TPSA) is 38.0 Å². The molecule has 0 radical (unpaired) electrons. The first-order valence-electron chi connectivity index (χ1n) is 5.90. The van der Waals surface area contributed by atoms with Crippen LogP contribution in [-0.2, 0) is 6.42 Å². The zero-order chi connectivity index (χ0) is 10.7. The van der Waals surface area contributed by atoms with Gasteiger partial charge >= 0.3 is 0 Å². The number of nitrogens with one attached hydrogen (secondary N) is 1. The highest BCUT2D eigenvalue weighted by molar-refractivity contribution is 7.12. The number of hydrogen-bond donors (Lipinski definition) is 2. The van der Waals surface area contributed by atoms with Crippen molar-refractivity contribution in [2.45, 2.75) is 45.1 Å². The Kier molecular flexibility index (Phi) is 3.78. The van der Waals surface area contributed by atoms with Crippen LogP contribution < -0.4 is 11.3 Å². The van der Waals surface area contributed by atoms with Gasteiger partial charge in [0.25, 0.3) is 0 Å². The maximum atomic E-state index is 5.69. The summed E-state index contributed by atoms with van der Waals surface area (Å²) < 4.78 is 0. The van der Waals surface area contributed by atoms with E-state index in [0.29, 0.717) is 6.04 Å². The average Bonchev–Trinajstić information content (AvgIpc) is 2.89. The summed E-state index contributed by atoms with van der Waals surface area (Å²) >= 11 is 1.91. The highest BCUT2D eigenvalue weighted by Crippen LogP contribution is 2.37. The van der Waals surface area contributed by atoms with E-state index in [0.717, 1.165) is 12.3 Å². The van der Waals surface area contributed by atoms with E-state index < -0.39 is 0 Å². The predicted molar refractivity (Wildman–Crippen MR) is 65.7 cm³/mol. The lowest BCUT2D eigenvalue weighted by molar-refractivity contribution is 0.378. The van der Waals surface area contributed by atoms with Gasteiger partial charge in [-0.1, -0.05) is 19.8 Å². The standard InChI is InChI=1S/C12H20N2S/c1-2-10-7-8-11(15-10)12(14-13)9-5-3-4-6-9/h7-9,12,14H,2-6,13H2,1H3. The Hall–Kier alpha value is -0.380. The van der Waals surface area contributed by atoms with E-state index in [1.807, 2.05) is 11.3 Å². The quantitative estimate of drug-likeness (QED) is 0.609. The van der Waals surface area contributed by atoms with Gasteiger partial charge in [-0.2, -0.15) is 0 Å². The van der Waals surface area contributed by atoms with E-state index in [4.69, 9.17) is 5.84 Å². The first-order chi connectivity index (χ1) is 7.35. The van der Waals surface area contributed by atoms with Crippen LogP contribution in [0.3, 0.4) is 0 Å². The third-order valence-electron chi connectivity index (χ3n) is 3.39. The van der Waals surface area contributed by atoms with Crippen LogP contribution in [0.2, 0.25) is 0 Å². The van der Waals surface area contributed by atoms with E-state index in [-0.39, 0.29) is 0 Å². The molecule has 0 amide bonds. The molecule has 2 nitrogen and oxygen atoms in total. The van der Waals surface area contributed by atoms with E-state index in [1.165, 1.54) is 35.4 Å². The molecular weight excluding hydrogens is 204 g/mol. The van der Waals surface area contributed by atoms with Gasteiger partial charge in [-0.25, -0.2) is 0 Å². The van der Waals surface area contributed by atoms with Crippen molar-refractivity contribution in [3.05, 3.63) is 21.9 Å². The van der Waals surface area contributed by atoms with Crippen molar-refractivity contribution in [3.8, 4) is 0 Å². The van der Waals surface area contributed by atoms with Crippen molar-refractivity contribution in [2.75, 3.05) is 0 Å². The van der Waals surface area contributed by atoms with Gasteiger partial charge in [0.15, 0.2) is 0 Å². The molecule has 1 aliphatic carbocycles. The Morgan fingerprint density at radius 2 is 2.20 bits per heavy atom. The summed E-state index contributed by atoms with van der Waals surface area (Å²) in [5.74, 6) is 6.44. The lowest BCUT2D eigenvalue weighted by atomic mass is 9.97. The molecule has 0 aliphatic heterocycles. The molecule has 1 unspecified atom stereocenters. The highest BCUT2D eigenvalue weighted by atomic mass is 32.1. The summed E-state index contributed by atoms with van der Waals surface area (Å²) in [6, 6.07) is 4.86. The summed E-state index contributed by atoms with van der Waals surface area (Å²) in [4.78, 5) is 2.88. The lowest BCUT2D eigenvalue weighted by Crippen LogP contribution is -2.32. The monoisotopic (exact) mass is 224 g/mol. The normalized spacial score (nSPS) is 19.6. The first kappa shape index (κ1) is 11.1. The van der Waals surface area contributed by atoms with Crippen molar-refractivity contribution >= 4 is 11.3 Å². The Morgan fingerprint density at radius 1 is 1.47 bits per heavy atom. The molecule has 3 N–H and O–H groups in total. The summed E-state index contributed by atoms with van der Waals surface area (Å²) in [6.45, 7) is 2.20. The van der Waals surface area contributed by atoms with Crippen LogP contribution in [0.15, 0.2) is 12.1 Å². The fourth-order valence-electron chi connectivity index (χ4n) is 2.49. The van der Waals surface area contributed by atoms with Crippen molar-refractivity contribution in [1.82, 2.24) is 5.43 Å². The van der Waals surface area contributed by atoms with Crippen LogP contribution in [0, 0.1) is 5.92 Å². The van der Waals surface area contributed by atoms with Crippen LogP contribution in [0.1, 0.15) is 48.4 Å². The van der Waals surface area contributed by atoms with E-state index in [1.54, 1.807) is 0 Å². The lowest BCUT2D eigenvalue weighted by Gasteiger charge is -2.21. The number of thiophene rings is 1. The van der Waals surface area contributed by atoms with Crippen LogP contribution >= 0.6 is 11.3 Å². The van der Waals surface area contributed by atoms with Gasteiger partial charge in [-0.05, 0) is 37.3 Å². The smallest absolute Gasteiger partial charge is 0.0581 e. The van der Waals surface area contributed by atoms with Crippen LogP contribution in [0.4, 0.5) is 0 Å². The number of rotatable bonds is 4. The Balaban J connectivity index is 2.10. The molecule has 1 aliphatic rings. The third kappa shape index (κ3) is 2.41. The Labute approximate surface area is 95.8 Å². The van der Waals surface area contributed by atoms with Gasteiger partial charge in [-0.15, -0.1) is 11.3 Å². The van der Waals surface area contributed by atoms with E-state index in [2.05, 4.69) is 24.5 Å². The summed E-state index contributed by atoms with van der Waals surface area (Å²) in [5.41, 5.74) is 3.01. The molecule has 1 fully saturated rings. The third-order valence-corrected chi connectivity index (χ3v) is 4.70. The molecule has 1 atom stereocenters. The van der Waals surface area contributed by atoms with Crippen LogP contribution in [0.5, 0.6) is 0 Å². The second-order valence-corrected chi connectivity index (χ2v) is 5.55. The summed E-state index contributed by atoms with van der Waals surface area (Å²) in [7, 11) is 0. The largest absolute Gasteiger partial charge is 0.271 e. The van der Waals surface area contributed by atoms with Gasteiger partial charge in [0, 0.05) is 9.75 Å². The second kappa shape index (κ2) is 5.10. The van der Waals surface area contributed by atoms with Crippen molar-refractivity contribution < 1.29 is 0 Å². The molecule has 0 spiro atoms. The van der Waals surface area contributed by atoms with Crippen molar-refractivity contribution in [1.29, 1.82) is 0 Å². The molecule has 0 saturated heterocycles. The van der Waals surface area contributed by atoms with Gasteiger partial charge < -0.3 is 0 Å². The maximum absolute atomic E-state index is 5.69. The fraction of sp³-hybridized carbons (Fsp3) is 0.667. The molecule has 1 heterocycles. The highest BCUT2D eigenvalue weighted by Gasteiger charge is 2.26. The molecule has 84 valence electrons. The molecule has 1 aromatic heterocycles. The Morgan fingerprint density at radius 3 is 2.73 bits per heavy atom. The predicted octanol–water partition coefficient (Wildman–Crippen LogP) is 3.01. The minimum Gasteiger partial charge on any atom is -0.271 e. The molecular formula is C12H20N2S. The molecule has 2 rings (SSSR count). The number of hydrogen-bond acceptors (Lipinski definition) is 3. The van der Waals surface area contributed by atoms with Gasteiger partial charge in [0.2, 0.25) is 0 Å². The van der Waals surface area contributed by atoms with Crippen LogP contribution in [0.25, 0.3) is 0 Å². The zero-order valence-corrected chi connectivity index (χ0v) is 10.1. The molecule has 15 heavy (non-hydrogen) atoms. The van der Waals surface area contributed by atoms with Gasteiger partial charge in [0.1, 0.15) is 0 Å². The Bertz CT molecular complexity index is 302. The second-order valence-electron chi connectivity index (χ2n) is 4.35. The molecule has 3 heteroatoms. The minimum absolute atomic E-state index is 0.387. The summed E-state index contributed by atoms with van der Waals surface area (Å²) in [5, 5.41) is 0. The first-order valence-corrected chi connectivity index (χ1v) is 6.71. The molecule has 0 aromatic carbocycles. The van der Waals surface area contributed by atoms with Gasteiger partial charge in [-0.3, -0.25) is 11.3 Å². The zero-order valence-electron chi connectivity index (χ0n) is 9.33. The van der Waals surface area contributed by atoms with E-state index in [9.17, 15) is 0 Å². The number of nitrogens with two attached hydrogens (primary N) is 1. The molecule has 1 aromatic rings. The summed E-state index contributed by atoms with van der Waals surface area (Å²) in [6.07, 6.45) is 6.53. The SMILES string of the molecule is CCc1ccc(C(NN)C2CCCC2)s1.